The molecule has 0 aromatic carbocycles. The van der Waals surface area contributed by atoms with Gasteiger partial charge in [-0.15, -0.1) is 0 Å². The van der Waals surface area contributed by atoms with Gasteiger partial charge in [-0.1, -0.05) is 6.42 Å². The normalized spacial score (nSPS) is 19.3. The molecule has 1 aliphatic heterocycles. The highest BCUT2D eigenvalue weighted by Crippen LogP contribution is 2.50. The van der Waals surface area contributed by atoms with Gasteiger partial charge in [0.25, 0.3) is 11.5 Å². The van der Waals surface area contributed by atoms with Crippen molar-refractivity contribution in [1.29, 1.82) is 0 Å². The lowest BCUT2D eigenvalue weighted by atomic mass is 9.67. The van der Waals surface area contributed by atoms with E-state index in [-0.39, 0.29) is 46.6 Å². The molecule has 3 aromatic rings. The molecule has 2 aliphatic rings. The summed E-state index contributed by atoms with van der Waals surface area (Å²) in [6.45, 7) is 0.902. The Morgan fingerprint density at radius 1 is 1.30 bits per heavy atom. The van der Waals surface area contributed by atoms with Crippen LogP contribution in [0.3, 0.4) is 0 Å². The van der Waals surface area contributed by atoms with Crippen LogP contribution in [0.2, 0.25) is 0 Å². The van der Waals surface area contributed by atoms with E-state index in [4.69, 9.17) is 0 Å². The number of fused-ring (bicyclic) bond motifs is 1. The van der Waals surface area contributed by atoms with Gasteiger partial charge >= 0.3 is 5.69 Å². The number of aromatic nitrogens is 5. The second-order valence-electron chi connectivity index (χ2n) is 8.70. The maximum absolute atomic E-state index is 13.5. The molecule has 1 saturated heterocycles. The smallest absolute Gasteiger partial charge is 0.347 e. The fourth-order valence-electron chi connectivity index (χ4n) is 4.80. The van der Waals surface area contributed by atoms with E-state index in [1.54, 1.807) is 23.2 Å². The van der Waals surface area contributed by atoms with Crippen LogP contribution in [-0.2, 0) is 4.79 Å². The maximum atomic E-state index is 13.5. The molecule has 1 saturated carbocycles. The standard InChI is InChI=1S/C22H23N7O4/c30-17(5-4-14-10-23-13-25-19(14)31)24-11-15-9-22(6-2-7-22)12-29(15)20(32)16-3-1-8-28-18(16)26-27-21(28)33/h1,3-5,8,10,13,15H,2,6-7,9,11-12H2,(H,24,30)(H,27,33)(H,23,25,31)/b5-4+. The first kappa shape index (κ1) is 20.9. The quantitative estimate of drug-likeness (QED) is 0.478. The average Bonchev–Trinajstić information content (AvgIpc) is 3.38. The topological polar surface area (TPSA) is 145 Å². The second kappa shape index (κ2) is 8.15. The monoisotopic (exact) mass is 449 g/mol. The Hall–Kier alpha value is -4.02. The lowest BCUT2D eigenvalue weighted by Crippen LogP contribution is -2.43. The Kier molecular flexibility index (Phi) is 5.15. The summed E-state index contributed by atoms with van der Waals surface area (Å²) in [5.41, 5.74) is 0.259. The number of hydrogen-bond acceptors (Lipinski definition) is 6. The van der Waals surface area contributed by atoms with Crippen LogP contribution in [0.25, 0.3) is 11.7 Å². The summed E-state index contributed by atoms with van der Waals surface area (Å²) in [5.74, 6) is -0.568. The Morgan fingerprint density at radius 2 is 2.15 bits per heavy atom. The van der Waals surface area contributed by atoms with Gasteiger partial charge in [0.05, 0.1) is 17.5 Å². The molecule has 170 valence electrons. The number of likely N-dealkylation sites (tertiary alicyclic amines) is 1. The van der Waals surface area contributed by atoms with Gasteiger partial charge in [-0.05, 0) is 42.9 Å². The molecule has 11 nitrogen and oxygen atoms in total. The molecule has 0 bridgehead atoms. The Morgan fingerprint density at radius 3 is 2.91 bits per heavy atom. The van der Waals surface area contributed by atoms with Gasteiger partial charge in [-0.25, -0.2) is 19.3 Å². The first-order valence-electron chi connectivity index (χ1n) is 10.8. The Balaban J connectivity index is 1.33. The van der Waals surface area contributed by atoms with Gasteiger partial charge in [0.2, 0.25) is 5.91 Å². The van der Waals surface area contributed by atoms with Gasteiger partial charge in [0.1, 0.15) is 0 Å². The molecule has 1 spiro atoms. The molecule has 5 rings (SSSR count). The Labute approximate surface area is 187 Å². The number of amides is 2. The van der Waals surface area contributed by atoms with E-state index in [1.165, 1.54) is 29.1 Å². The van der Waals surface area contributed by atoms with Crippen LogP contribution in [0.4, 0.5) is 0 Å². The lowest BCUT2D eigenvalue weighted by Gasteiger charge is -2.37. The van der Waals surface area contributed by atoms with Crippen LogP contribution in [-0.4, -0.2) is 60.4 Å². The molecule has 3 N–H and O–H groups in total. The second-order valence-corrected chi connectivity index (χ2v) is 8.70. The van der Waals surface area contributed by atoms with Crippen LogP contribution in [0, 0.1) is 5.41 Å². The summed E-state index contributed by atoms with van der Waals surface area (Å²) in [6.07, 6.45) is 10.9. The highest BCUT2D eigenvalue weighted by atomic mass is 16.2. The average molecular weight is 449 g/mol. The van der Waals surface area contributed by atoms with Gasteiger partial charge in [0, 0.05) is 37.6 Å². The highest BCUT2D eigenvalue weighted by Gasteiger charge is 2.49. The van der Waals surface area contributed by atoms with E-state index in [0.29, 0.717) is 12.1 Å². The molecule has 3 aromatic heterocycles. The molecule has 1 atom stereocenters. The lowest BCUT2D eigenvalue weighted by molar-refractivity contribution is -0.116. The molecule has 2 fully saturated rings. The molecule has 2 amide bonds. The van der Waals surface area contributed by atoms with Crippen molar-refractivity contribution in [2.75, 3.05) is 13.1 Å². The van der Waals surface area contributed by atoms with Gasteiger partial charge in [-0.3, -0.25) is 14.4 Å². The predicted molar refractivity (Wildman–Crippen MR) is 118 cm³/mol. The van der Waals surface area contributed by atoms with Crippen molar-refractivity contribution in [2.45, 2.75) is 31.7 Å². The first-order chi connectivity index (χ1) is 16.0. The number of pyridine rings is 1. The van der Waals surface area contributed by atoms with Crippen molar-refractivity contribution >= 4 is 23.5 Å². The SMILES string of the molecule is O=C(/C=C/c1cnc[nH]c1=O)NCC1CC2(CCC2)CN1C(=O)c1cccn2c(=O)[nH]nc12. The minimum atomic E-state index is -0.403. The predicted octanol–water partition coefficient (Wildman–Crippen LogP) is 0.320. The van der Waals surface area contributed by atoms with E-state index < -0.39 is 5.69 Å². The van der Waals surface area contributed by atoms with Gasteiger partial charge in [0.15, 0.2) is 5.65 Å². The molecule has 33 heavy (non-hydrogen) atoms. The number of rotatable bonds is 5. The molecule has 1 aliphatic carbocycles. The third-order valence-corrected chi connectivity index (χ3v) is 6.64. The summed E-state index contributed by atoms with van der Waals surface area (Å²) >= 11 is 0. The van der Waals surface area contributed by atoms with Crippen molar-refractivity contribution < 1.29 is 9.59 Å². The summed E-state index contributed by atoms with van der Waals surface area (Å²) < 4.78 is 1.31. The van der Waals surface area contributed by atoms with Crippen molar-refractivity contribution in [1.82, 2.24) is 34.8 Å². The first-order valence-corrected chi connectivity index (χ1v) is 10.8. The fraction of sp³-hybridized carbons (Fsp3) is 0.364. The van der Waals surface area contributed by atoms with Crippen molar-refractivity contribution in [2.24, 2.45) is 5.41 Å². The third kappa shape index (κ3) is 3.86. The molecule has 11 heteroatoms. The molecular weight excluding hydrogens is 426 g/mol. The minimum Gasteiger partial charge on any atom is -0.350 e. The van der Waals surface area contributed by atoms with Crippen LogP contribution >= 0.6 is 0 Å². The van der Waals surface area contributed by atoms with Crippen LogP contribution in [0.1, 0.15) is 41.6 Å². The van der Waals surface area contributed by atoms with E-state index >= 15 is 0 Å². The van der Waals surface area contributed by atoms with Crippen molar-refractivity contribution in [3.63, 3.8) is 0 Å². The van der Waals surface area contributed by atoms with E-state index in [9.17, 15) is 19.2 Å². The van der Waals surface area contributed by atoms with Crippen LogP contribution in [0.5, 0.6) is 0 Å². The van der Waals surface area contributed by atoms with Crippen molar-refractivity contribution in [3.05, 3.63) is 68.9 Å². The maximum Gasteiger partial charge on any atom is 0.347 e. The summed E-state index contributed by atoms with van der Waals surface area (Å²) in [4.78, 5) is 57.5. The number of carbonyl (C=O) groups is 2. The number of aromatic amines is 2. The molecule has 0 radical (unpaired) electrons. The van der Waals surface area contributed by atoms with E-state index in [2.05, 4.69) is 25.5 Å². The molecule has 1 unspecified atom stereocenters. The van der Waals surface area contributed by atoms with E-state index in [0.717, 1.165) is 25.7 Å². The highest BCUT2D eigenvalue weighted by molar-refractivity contribution is 6.00. The zero-order valence-corrected chi connectivity index (χ0v) is 17.8. The number of nitrogens with zero attached hydrogens (tertiary/aromatic N) is 4. The minimum absolute atomic E-state index is 0.0835. The van der Waals surface area contributed by atoms with Crippen molar-refractivity contribution in [3.8, 4) is 0 Å². The summed E-state index contributed by atoms with van der Waals surface area (Å²) in [7, 11) is 0. The van der Waals surface area contributed by atoms with Crippen LogP contribution < -0.4 is 16.6 Å². The Bertz CT molecular complexity index is 1360. The summed E-state index contributed by atoms with van der Waals surface area (Å²) in [5, 5.41) is 9.23. The number of H-pyrrole nitrogens is 2. The molecular formula is C22H23N7O4. The number of carbonyl (C=O) groups excluding carboxylic acids is 2. The zero-order valence-electron chi connectivity index (χ0n) is 17.8. The van der Waals surface area contributed by atoms with Gasteiger partial charge < -0.3 is 15.2 Å². The van der Waals surface area contributed by atoms with Crippen LogP contribution in [0.15, 0.2) is 46.5 Å². The summed E-state index contributed by atoms with van der Waals surface area (Å²) in [6, 6.07) is 3.13. The number of nitrogens with one attached hydrogen (secondary N) is 3. The molecule has 4 heterocycles. The fourth-order valence-corrected chi connectivity index (χ4v) is 4.80. The van der Waals surface area contributed by atoms with Gasteiger partial charge in [-0.2, -0.15) is 5.10 Å². The number of hydrogen-bond donors (Lipinski definition) is 3. The zero-order chi connectivity index (χ0) is 23.0. The largest absolute Gasteiger partial charge is 0.350 e. The third-order valence-electron chi connectivity index (χ3n) is 6.64. The van der Waals surface area contributed by atoms with E-state index in [1.807, 2.05) is 0 Å².